The summed E-state index contributed by atoms with van der Waals surface area (Å²) in [4.78, 5) is 14.9. The number of rotatable bonds is 6. The van der Waals surface area contributed by atoms with Crippen LogP contribution in [0.2, 0.25) is 0 Å². The van der Waals surface area contributed by atoms with E-state index in [1.807, 2.05) is 7.05 Å². The molecule has 0 bridgehead atoms. The quantitative estimate of drug-likeness (QED) is 0.565. The zero-order valence-electron chi connectivity index (χ0n) is 9.12. The largest absolute Gasteiger partial charge is 0.492 e. The van der Waals surface area contributed by atoms with Crippen LogP contribution in [0.3, 0.4) is 0 Å². The van der Waals surface area contributed by atoms with Crippen LogP contribution in [0.25, 0.3) is 0 Å². The molecule has 0 atom stereocenters. The second kappa shape index (κ2) is 6.14. The highest BCUT2D eigenvalue weighted by Crippen LogP contribution is 2.09. The average molecular weight is 208 g/mol. The number of Topliss-reactive ketones (excluding diaryl/α,β-unsaturated/α-hetero) is 1. The lowest BCUT2D eigenvalue weighted by Crippen LogP contribution is -2.11. The van der Waals surface area contributed by atoms with Crippen LogP contribution in [0.15, 0.2) is 18.3 Å². The normalized spacial score (nSPS) is 10.0. The van der Waals surface area contributed by atoms with Gasteiger partial charge < -0.3 is 10.1 Å². The highest BCUT2D eigenvalue weighted by Gasteiger charge is 2.00. The summed E-state index contributed by atoms with van der Waals surface area (Å²) in [6, 6.07) is 3.44. The van der Waals surface area contributed by atoms with Gasteiger partial charge >= 0.3 is 0 Å². The number of aromatic nitrogens is 1. The lowest BCUT2D eigenvalue weighted by molar-refractivity contribution is 0.101. The van der Waals surface area contributed by atoms with Gasteiger partial charge in [0.15, 0.2) is 5.78 Å². The molecule has 1 aromatic rings. The Labute approximate surface area is 89.7 Å². The van der Waals surface area contributed by atoms with E-state index in [0.29, 0.717) is 18.1 Å². The molecule has 0 radical (unpaired) electrons. The Morgan fingerprint density at radius 3 is 2.87 bits per heavy atom. The van der Waals surface area contributed by atoms with Crippen LogP contribution in [0.4, 0.5) is 0 Å². The molecule has 15 heavy (non-hydrogen) atoms. The van der Waals surface area contributed by atoms with Gasteiger partial charge in [-0.2, -0.15) is 0 Å². The van der Waals surface area contributed by atoms with Crippen molar-refractivity contribution in [1.29, 1.82) is 0 Å². The van der Waals surface area contributed by atoms with Crippen LogP contribution >= 0.6 is 0 Å². The zero-order chi connectivity index (χ0) is 11.1. The van der Waals surface area contributed by atoms with Crippen molar-refractivity contribution in [3.63, 3.8) is 0 Å². The fraction of sp³-hybridized carbons (Fsp3) is 0.455. The molecule has 1 N–H and O–H groups in total. The molecule has 0 aliphatic rings. The van der Waals surface area contributed by atoms with Gasteiger partial charge in [-0.3, -0.25) is 4.79 Å². The van der Waals surface area contributed by atoms with E-state index in [1.165, 1.54) is 6.92 Å². The second-order valence-corrected chi connectivity index (χ2v) is 3.24. The predicted octanol–water partition coefficient (Wildman–Crippen LogP) is 1.27. The summed E-state index contributed by atoms with van der Waals surface area (Å²) in [5.74, 6) is 0.674. The molecule has 0 saturated carbocycles. The SMILES string of the molecule is CNCCCOc1ccc(C(C)=O)nc1. The maximum Gasteiger partial charge on any atom is 0.178 e. The van der Waals surface area contributed by atoms with E-state index in [4.69, 9.17) is 4.74 Å². The first-order valence-electron chi connectivity index (χ1n) is 4.98. The number of nitrogens with zero attached hydrogens (tertiary/aromatic N) is 1. The van der Waals surface area contributed by atoms with Crippen LogP contribution in [0.1, 0.15) is 23.8 Å². The molecule has 0 amide bonds. The van der Waals surface area contributed by atoms with Gasteiger partial charge in [0.2, 0.25) is 0 Å². The first kappa shape index (κ1) is 11.7. The molecule has 1 aromatic heterocycles. The number of carbonyl (C=O) groups is 1. The molecule has 4 nitrogen and oxygen atoms in total. The standard InChI is InChI=1S/C11H16N2O2/c1-9(14)11-5-4-10(8-13-11)15-7-3-6-12-2/h4-5,8,12H,3,6-7H2,1-2H3. The van der Waals surface area contributed by atoms with E-state index in [2.05, 4.69) is 10.3 Å². The molecule has 82 valence electrons. The van der Waals surface area contributed by atoms with E-state index in [1.54, 1.807) is 18.3 Å². The Balaban J connectivity index is 2.39. The summed E-state index contributed by atoms with van der Waals surface area (Å²) in [5, 5.41) is 3.04. The van der Waals surface area contributed by atoms with Gasteiger partial charge in [0.1, 0.15) is 11.4 Å². The third-order valence-corrected chi connectivity index (χ3v) is 1.94. The maximum atomic E-state index is 10.9. The van der Waals surface area contributed by atoms with Crippen molar-refractivity contribution in [3.8, 4) is 5.75 Å². The summed E-state index contributed by atoms with van der Waals surface area (Å²) in [7, 11) is 1.91. The highest BCUT2D eigenvalue weighted by molar-refractivity contribution is 5.92. The summed E-state index contributed by atoms with van der Waals surface area (Å²) in [5.41, 5.74) is 0.470. The number of carbonyl (C=O) groups excluding carboxylic acids is 1. The molecule has 0 fully saturated rings. The predicted molar refractivity (Wildman–Crippen MR) is 58.3 cm³/mol. The molecular weight excluding hydrogens is 192 g/mol. The first-order chi connectivity index (χ1) is 7.24. The lowest BCUT2D eigenvalue weighted by Gasteiger charge is -2.05. The zero-order valence-corrected chi connectivity index (χ0v) is 9.12. The molecule has 0 saturated heterocycles. The summed E-state index contributed by atoms with van der Waals surface area (Å²) in [6.45, 7) is 3.08. The van der Waals surface area contributed by atoms with Crippen LogP contribution in [-0.2, 0) is 0 Å². The number of ether oxygens (including phenoxy) is 1. The van der Waals surface area contributed by atoms with Crippen LogP contribution < -0.4 is 10.1 Å². The Morgan fingerprint density at radius 2 is 2.33 bits per heavy atom. The van der Waals surface area contributed by atoms with E-state index < -0.39 is 0 Å². The van der Waals surface area contributed by atoms with E-state index in [-0.39, 0.29) is 5.78 Å². The molecule has 0 aliphatic carbocycles. The molecule has 1 heterocycles. The number of nitrogens with one attached hydrogen (secondary N) is 1. The van der Waals surface area contributed by atoms with E-state index in [9.17, 15) is 4.79 Å². The average Bonchev–Trinajstić information content (AvgIpc) is 2.25. The Hall–Kier alpha value is -1.42. The van der Waals surface area contributed by atoms with Gasteiger partial charge in [-0.15, -0.1) is 0 Å². The Bertz CT molecular complexity index is 309. The first-order valence-corrected chi connectivity index (χ1v) is 4.98. The van der Waals surface area contributed by atoms with E-state index in [0.717, 1.165) is 13.0 Å². The molecule has 4 heteroatoms. The van der Waals surface area contributed by atoms with Gasteiger partial charge in [-0.1, -0.05) is 0 Å². The Kier molecular flexibility index (Phi) is 4.77. The minimum absolute atomic E-state index is 0.0308. The van der Waals surface area contributed by atoms with Crippen molar-refractivity contribution >= 4 is 5.78 Å². The minimum Gasteiger partial charge on any atom is -0.492 e. The van der Waals surface area contributed by atoms with Crippen molar-refractivity contribution in [2.45, 2.75) is 13.3 Å². The molecular formula is C11H16N2O2. The fourth-order valence-corrected chi connectivity index (χ4v) is 1.11. The fourth-order valence-electron chi connectivity index (χ4n) is 1.11. The summed E-state index contributed by atoms with van der Waals surface area (Å²) < 4.78 is 5.43. The molecule has 0 spiro atoms. The van der Waals surface area contributed by atoms with Crippen LogP contribution in [0, 0.1) is 0 Å². The molecule has 0 unspecified atom stereocenters. The second-order valence-electron chi connectivity index (χ2n) is 3.24. The number of ketones is 1. The maximum absolute atomic E-state index is 10.9. The summed E-state index contributed by atoms with van der Waals surface area (Å²) in [6.07, 6.45) is 2.53. The van der Waals surface area contributed by atoms with Gasteiger partial charge in [0.05, 0.1) is 12.8 Å². The highest BCUT2D eigenvalue weighted by atomic mass is 16.5. The van der Waals surface area contributed by atoms with Crippen LogP contribution in [0.5, 0.6) is 5.75 Å². The topological polar surface area (TPSA) is 51.2 Å². The van der Waals surface area contributed by atoms with Gasteiger partial charge in [0.25, 0.3) is 0 Å². The summed E-state index contributed by atoms with van der Waals surface area (Å²) >= 11 is 0. The molecule has 0 aliphatic heterocycles. The molecule has 0 aromatic carbocycles. The smallest absolute Gasteiger partial charge is 0.178 e. The molecule has 1 rings (SSSR count). The van der Waals surface area contributed by atoms with Gasteiger partial charge in [0, 0.05) is 6.92 Å². The number of hydrogen-bond donors (Lipinski definition) is 1. The third kappa shape index (κ3) is 4.08. The van der Waals surface area contributed by atoms with Crippen molar-refractivity contribution in [1.82, 2.24) is 10.3 Å². The van der Waals surface area contributed by atoms with Crippen molar-refractivity contribution in [2.24, 2.45) is 0 Å². The van der Waals surface area contributed by atoms with Gasteiger partial charge in [-0.25, -0.2) is 4.98 Å². The van der Waals surface area contributed by atoms with Crippen molar-refractivity contribution in [3.05, 3.63) is 24.0 Å². The van der Waals surface area contributed by atoms with Gasteiger partial charge in [-0.05, 0) is 32.1 Å². The minimum atomic E-state index is -0.0308. The van der Waals surface area contributed by atoms with Crippen LogP contribution in [-0.4, -0.2) is 31.0 Å². The lowest BCUT2D eigenvalue weighted by atomic mass is 10.3. The number of hydrogen-bond acceptors (Lipinski definition) is 4. The van der Waals surface area contributed by atoms with Crippen molar-refractivity contribution < 1.29 is 9.53 Å². The third-order valence-electron chi connectivity index (χ3n) is 1.94. The number of pyridine rings is 1. The van der Waals surface area contributed by atoms with Crippen molar-refractivity contribution in [2.75, 3.05) is 20.2 Å². The van der Waals surface area contributed by atoms with E-state index >= 15 is 0 Å². The Morgan fingerprint density at radius 1 is 1.53 bits per heavy atom. The monoisotopic (exact) mass is 208 g/mol.